The third-order valence-electron chi connectivity index (χ3n) is 6.14. The van der Waals surface area contributed by atoms with Gasteiger partial charge in [-0.15, -0.1) is 12.4 Å². The standard InChI is InChI=1S/C23H29N.ClH/c1-2-6-20(7-3-1)23-14-16-24(17-15-23)18-19-10-12-21-8-4-5-9-22(21)13-11-19;/h1-9,19,23H,10-18H2;1H. The maximum Gasteiger partial charge on any atom is 0.000989 e. The van der Waals surface area contributed by atoms with E-state index < -0.39 is 0 Å². The van der Waals surface area contributed by atoms with Crippen LogP contribution < -0.4 is 0 Å². The first-order chi connectivity index (χ1) is 11.9. The molecule has 1 aliphatic carbocycles. The van der Waals surface area contributed by atoms with Gasteiger partial charge in [-0.05, 0) is 80.1 Å². The Kier molecular flexibility index (Phi) is 6.56. The van der Waals surface area contributed by atoms with Crippen LogP contribution in [0.3, 0.4) is 0 Å². The summed E-state index contributed by atoms with van der Waals surface area (Å²) in [6.07, 6.45) is 7.96. The van der Waals surface area contributed by atoms with Gasteiger partial charge in [0.05, 0.1) is 0 Å². The Morgan fingerprint density at radius 2 is 1.28 bits per heavy atom. The summed E-state index contributed by atoms with van der Waals surface area (Å²) in [6.45, 7) is 3.88. The molecule has 2 aromatic carbocycles. The van der Waals surface area contributed by atoms with Crippen molar-refractivity contribution in [1.82, 2.24) is 4.90 Å². The van der Waals surface area contributed by atoms with Gasteiger partial charge in [-0.3, -0.25) is 0 Å². The van der Waals surface area contributed by atoms with Crippen LogP contribution >= 0.6 is 12.4 Å². The van der Waals surface area contributed by atoms with Crippen LogP contribution in [-0.2, 0) is 12.8 Å². The molecular weight excluding hydrogens is 326 g/mol. The smallest absolute Gasteiger partial charge is 0.000989 e. The van der Waals surface area contributed by atoms with Crippen LogP contribution in [0, 0.1) is 5.92 Å². The molecule has 134 valence electrons. The maximum atomic E-state index is 2.74. The van der Waals surface area contributed by atoms with Crippen LogP contribution in [0.2, 0.25) is 0 Å². The molecule has 2 aromatic rings. The van der Waals surface area contributed by atoms with E-state index in [0.717, 1.165) is 11.8 Å². The maximum absolute atomic E-state index is 2.74. The third kappa shape index (κ3) is 4.65. The first-order valence-electron chi connectivity index (χ1n) is 9.72. The van der Waals surface area contributed by atoms with Crippen molar-refractivity contribution in [2.45, 2.75) is 44.4 Å². The highest BCUT2D eigenvalue weighted by molar-refractivity contribution is 5.85. The van der Waals surface area contributed by atoms with Gasteiger partial charge in [-0.25, -0.2) is 0 Å². The largest absolute Gasteiger partial charge is 0.303 e. The van der Waals surface area contributed by atoms with E-state index in [1.807, 2.05) is 0 Å². The lowest BCUT2D eigenvalue weighted by molar-refractivity contribution is 0.175. The van der Waals surface area contributed by atoms with Crippen molar-refractivity contribution in [1.29, 1.82) is 0 Å². The molecule has 1 saturated heterocycles. The van der Waals surface area contributed by atoms with E-state index in [1.54, 1.807) is 16.7 Å². The van der Waals surface area contributed by atoms with E-state index in [0.29, 0.717) is 0 Å². The number of nitrogens with zero attached hydrogens (tertiary/aromatic N) is 1. The van der Waals surface area contributed by atoms with Gasteiger partial charge >= 0.3 is 0 Å². The van der Waals surface area contributed by atoms with Gasteiger partial charge in [-0.1, -0.05) is 54.6 Å². The Morgan fingerprint density at radius 1 is 0.720 bits per heavy atom. The number of hydrogen-bond donors (Lipinski definition) is 0. The molecule has 2 aliphatic rings. The molecule has 1 heterocycles. The highest BCUT2D eigenvalue weighted by Crippen LogP contribution is 2.30. The highest BCUT2D eigenvalue weighted by Gasteiger charge is 2.23. The molecule has 0 unspecified atom stereocenters. The zero-order valence-electron chi connectivity index (χ0n) is 15.1. The lowest BCUT2D eigenvalue weighted by atomic mass is 9.88. The molecule has 1 fully saturated rings. The summed E-state index contributed by atoms with van der Waals surface area (Å²) in [6, 6.07) is 20.2. The number of halogens is 1. The SMILES string of the molecule is Cl.c1ccc(C2CCN(CC3CCc4ccccc4CC3)CC2)cc1. The van der Waals surface area contributed by atoms with Crippen molar-refractivity contribution in [2.75, 3.05) is 19.6 Å². The van der Waals surface area contributed by atoms with Crippen molar-refractivity contribution in [3.05, 3.63) is 71.3 Å². The summed E-state index contributed by atoms with van der Waals surface area (Å²) in [5.74, 6) is 1.66. The minimum Gasteiger partial charge on any atom is -0.303 e. The third-order valence-corrected chi connectivity index (χ3v) is 6.14. The normalized spacial score (nSPS) is 19.7. The Bertz CT molecular complexity index is 619. The zero-order chi connectivity index (χ0) is 16.2. The number of rotatable bonds is 3. The Morgan fingerprint density at radius 3 is 1.88 bits per heavy atom. The fourth-order valence-electron chi connectivity index (χ4n) is 4.63. The van der Waals surface area contributed by atoms with Crippen LogP contribution in [-0.4, -0.2) is 24.5 Å². The quantitative estimate of drug-likeness (QED) is 0.658. The predicted molar refractivity (Wildman–Crippen MR) is 109 cm³/mol. The van der Waals surface area contributed by atoms with Crippen LogP contribution in [0.15, 0.2) is 54.6 Å². The van der Waals surface area contributed by atoms with E-state index in [9.17, 15) is 0 Å². The van der Waals surface area contributed by atoms with Crippen LogP contribution in [0.25, 0.3) is 0 Å². The predicted octanol–water partition coefficient (Wildman–Crippen LogP) is 5.48. The van der Waals surface area contributed by atoms with Gasteiger partial charge in [0, 0.05) is 6.54 Å². The van der Waals surface area contributed by atoms with Gasteiger partial charge in [0.25, 0.3) is 0 Å². The van der Waals surface area contributed by atoms with E-state index in [2.05, 4.69) is 59.5 Å². The van der Waals surface area contributed by atoms with Crippen molar-refractivity contribution >= 4 is 12.4 Å². The fraction of sp³-hybridized carbons (Fsp3) is 0.478. The lowest BCUT2D eigenvalue weighted by Gasteiger charge is -2.34. The molecule has 2 heteroatoms. The van der Waals surface area contributed by atoms with Gasteiger partial charge in [0.2, 0.25) is 0 Å². The fourth-order valence-corrected chi connectivity index (χ4v) is 4.63. The van der Waals surface area contributed by atoms with Gasteiger partial charge < -0.3 is 4.90 Å². The molecule has 1 aliphatic heterocycles. The number of fused-ring (bicyclic) bond motifs is 1. The Labute approximate surface area is 158 Å². The first-order valence-corrected chi connectivity index (χ1v) is 9.72. The summed E-state index contributed by atoms with van der Waals surface area (Å²) in [5.41, 5.74) is 4.74. The molecule has 0 atom stereocenters. The highest BCUT2D eigenvalue weighted by atomic mass is 35.5. The summed E-state index contributed by atoms with van der Waals surface area (Å²) < 4.78 is 0. The molecule has 0 N–H and O–H groups in total. The topological polar surface area (TPSA) is 3.24 Å². The van der Waals surface area contributed by atoms with Gasteiger partial charge in [-0.2, -0.15) is 0 Å². The first kappa shape index (κ1) is 18.5. The molecule has 25 heavy (non-hydrogen) atoms. The molecule has 0 saturated carbocycles. The molecule has 0 radical (unpaired) electrons. The van der Waals surface area contributed by atoms with Crippen molar-refractivity contribution in [3.8, 4) is 0 Å². The summed E-state index contributed by atoms with van der Waals surface area (Å²) >= 11 is 0. The second-order valence-electron chi connectivity index (χ2n) is 7.70. The second kappa shape index (κ2) is 8.87. The molecule has 0 amide bonds. The van der Waals surface area contributed by atoms with Crippen molar-refractivity contribution in [2.24, 2.45) is 5.92 Å². The number of hydrogen-bond acceptors (Lipinski definition) is 1. The monoisotopic (exact) mass is 355 g/mol. The second-order valence-corrected chi connectivity index (χ2v) is 7.70. The Balaban J connectivity index is 0.00000182. The number of benzene rings is 2. The minimum absolute atomic E-state index is 0. The van der Waals surface area contributed by atoms with E-state index in [-0.39, 0.29) is 12.4 Å². The molecule has 0 aromatic heterocycles. The summed E-state index contributed by atoms with van der Waals surface area (Å²) in [5, 5.41) is 0. The average molecular weight is 356 g/mol. The number of piperidine rings is 1. The van der Waals surface area contributed by atoms with Crippen LogP contribution in [0.4, 0.5) is 0 Å². The van der Waals surface area contributed by atoms with Gasteiger partial charge in [0.15, 0.2) is 0 Å². The zero-order valence-corrected chi connectivity index (χ0v) is 15.9. The molecular formula is C23H30ClN. The van der Waals surface area contributed by atoms with E-state index >= 15 is 0 Å². The van der Waals surface area contributed by atoms with Gasteiger partial charge in [0.1, 0.15) is 0 Å². The number of likely N-dealkylation sites (tertiary alicyclic amines) is 1. The van der Waals surface area contributed by atoms with E-state index in [1.165, 1.54) is 58.2 Å². The number of aryl methyl sites for hydroxylation is 2. The van der Waals surface area contributed by atoms with Crippen LogP contribution in [0.5, 0.6) is 0 Å². The minimum atomic E-state index is 0. The summed E-state index contributed by atoms with van der Waals surface area (Å²) in [4.78, 5) is 2.74. The molecule has 1 nitrogen and oxygen atoms in total. The molecule has 0 bridgehead atoms. The van der Waals surface area contributed by atoms with Crippen molar-refractivity contribution in [3.63, 3.8) is 0 Å². The summed E-state index contributed by atoms with van der Waals surface area (Å²) in [7, 11) is 0. The molecule has 0 spiro atoms. The van der Waals surface area contributed by atoms with E-state index in [4.69, 9.17) is 0 Å². The average Bonchev–Trinajstić information content (AvgIpc) is 2.86. The van der Waals surface area contributed by atoms with Crippen molar-refractivity contribution < 1.29 is 0 Å². The molecule has 4 rings (SSSR count). The van der Waals surface area contributed by atoms with Crippen LogP contribution in [0.1, 0.15) is 48.3 Å². The lowest BCUT2D eigenvalue weighted by Crippen LogP contribution is -2.36. The Hall–Kier alpha value is -1.31.